The Morgan fingerprint density at radius 3 is 0.896 bits per heavy atom. The number of ether oxygens (including phenoxy) is 7. The number of hydrogen-bond acceptors (Lipinski definition) is 7. The number of methoxy groups -OCH3 is 7. The Bertz CT molecular complexity index is 5840. The van der Waals surface area contributed by atoms with Crippen LogP contribution >= 0.6 is 166 Å². The molecule has 31 heteroatoms. The zero-order chi connectivity index (χ0) is 99.0. The molecule has 0 aromatic heterocycles. The molecular formula is C104H136F6O7P18. The predicted molar refractivity (Wildman–Crippen MR) is 627 cm³/mol. The number of benzene rings is 12. The van der Waals surface area contributed by atoms with E-state index in [1.54, 1.807) is 86.2 Å². The molecule has 0 aliphatic rings. The van der Waals surface area contributed by atoms with E-state index >= 15 is 0 Å². The normalized spacial score (nSPS) is 11.0. The summed E-state index contributed by atoms with van der Waals surface area (Å²) in [5, 5.41) is 0. The molecule has 12 rings (SSSR count). The molecule has 0 saturated heterocycles. The maximum absolute atomic E-state index is 14.6. The van der Waals surface area contributed by atoms with E-state index in [1.807, 2.05) is 54.6 Å². The summed E-state index contributed by atoms with van der Waals surface area (Å²) in [4.78, 5) is 0. The van der Waals surface area contributed by atoms with E-state index in [4.69, 9.17) is 33.2 Å². The van der Waals surface area contributed by atoms with Crippen molar-refractivity contribution in [3.63, 3.8) is 0 Å². The summed E-state index contributed by atoms with van der Waals surface area (Å²) in [6.07, 6.45) is 14.3. The molecule has 18 atom stereocenters. The third-order valence-electron chi connectivity index (χ3n) is 23.0. The fraction of sp³-hybridized carbons (Fsp3) is 0.308. The average Bonchev–Trinajstić information content (AvgIpc) is 0.744. The van der Waals surface area contributed by atoms with Crippen LogP contribution in [0.1, 0.15) is 139 Å². The lowest BCUT2D eigenvalue weighted by Crippen LogP contribution is -2.02. The molecule has 135 heavy (non-hydrogen) atoms. The highest BCUT2D eigenvalue weighted by Crippen LogP contribution is 2.41. The van der Waals surface area contributed by atoms with Crippen molar-refractivity contribution in [3.8, 4) is 66.8 Å². The molecule has 12 aromatic carbocycles. The highest BCUT2D eigenvalue weighted by Gasteiger charge is 2.22. The monoisotopic (exact) mass is 2170 g/mol. The molecule has 0 N–H and O–H groups in total. The highest BCUT2D eigenvalue weighted by molar-refractivity contribution is 7.18. The fourth-order valence-electron chi connectivity index (χ4n) is 15.9. The fourth-order valence-corrected chi connectivity index (χ4v) is 22.5. The van der Waals surface area contributed by atoms with Gasteiger partial charge in [0.05, 0.1) is 46.2 Å². The van der Waals surface area contributed by atoms with Crippen molar-refractivity contribution < 1.29 is 59.5 Å². The van der Waals surface area contributed by atoms with E-state index in [0.29, 0.717) is 87.0 Å². The highest BCUT2D eigenvalue weighted by atomic mass is 31.0. The molecule has 0 aliphatic heterocycles. The van der Waals surface area contributed by atoms with Gasteiger partial charge < -0.3 is 33.2 Å². The molecular weight excluding hydrogens is 2030 g/mol. The van der Waals surface area contributed by atoms with Crippen molar-refractivity contribution in [1.29, 1.82) is 0 Å². The van der Waals surface area contributed by atoms with Crippen LogP contribution in [0, 0.1) is 34.9 Å². The Hall–Kier alpha value is -2.32. The third-order valence-corrected chi connectivity index (χ3v) is 30.9. The summed E-state index contributed by atoms with van der Waals surface area (Å²) in [6, 6.07) is 56.9. The first-order valence-electron chi connectivity index (χ1n) is 44.0. The molecule has 0 saturated carbocycles. The lowest BCUT2D eigenvalue weighted by Gasteiger charge is -2.18. The second-order valence-electron chi connectivity index (χ2n) is 31.5. The van der Waals surface area contributed by atoms with Crippen LogP contribution in [0.15, 0.2) is 176 Å². The second kappa shape index (κ2) is 63.8. The largest absolute Gasteiger partial charge is 0.380 e. The van der Waals surface area contributed by atoms with Crippen molar-refractivity contribution in [3.05, 3.63) is 350 Å². The van der Waals surface area contributed by atoms with Gasteiger partial charge in [-0.15, -0.1) is 166 Å². The first-order chi connectivity index (χ1) is 65.3. The molecule has 0 fully saturated rings. The Balaban J connectivity index is 0.000000221. The van der Waals surface area contributed by atoms with Gasteiger partial charge in [0.1, 0.15) is 34.9 Å². The minimum Gasteiger partial charge on any atom is -0.380 e. The van der Waals surface area contributed by atoms with Crippen LogP contribution in [0.5, 0.6) is 0 Å². The average molecular weight is 2170 g/mol. The molecule has 0 bridgehead atoms. The van der Waals surface area contributed by atoms with Gasteiger partial charge in [-0.3, -0.25) is 0 Å². The lowest BCUT2D eigenvalue weighted by molar-refractivity contribution is 0.184. The van der Waals surface area contributed by atoms with E-state index in [0.717, 1.165) is 226 Å². The van der Waals surface area contributed by atoms with Gasteiger partial charge in [-0.05, 0) is 373 Å². The zero-order valence-electron chi connectivity index (χ0n) is 78.4. The summed E-state index contributed by atoms with van der Waals surface area (Å²) in [5.41, 5.74) is 37.6. The maximum Gasteiger partial charge on any atom is 0.131 e. The molecule has 7 nitrogen and oxygen atoms in total. The Morgan fingerprint density at radius 1 is 0.156 bits per heavy atom. The van der Waals surface area contributed by atoms with Gasteiger partial charge in [-0.1, -0.05) is 103 Å². The van der Waals surface area contributed by atoms with E-state index in [1.165, 1.54) is 50.1 Å². The maximum atomic E-state index is 14.6. The van der Waals surface area contributed by atoms with Gasteiger partial charge in [0.25, 0.3) is 0 Å². The second-order valence-corrected chi connectivity index (χ2v) is 38.9. The first kappa shape index (κ1) is 120. The molecule has 0 aliphatic carbocycles. The van der Waals surface area contributed by atoms with Crippen LogP contribution in [-0.4, -0.2) is 49.8 Å². The minimum absolute atomic E-state index is 0.131. The summed E-state index contributed by atoms with van der Waals surface area (Å²) in [7, 11) is 60.3. The van der Waals surface area contributed by atoms with Gasteiger partial charge in [-0.25, -0.2) is 26.3 Å². The molecule has 18 unspecified atom stereocenters. The van der Waals surface area contributed by atoms with E-state index < -0.39 is 0 Å². The quantitative estimate of drug-likeness (QED) is 0.0282. The van der Waals surface area contributed by atoms with E-state index in [-0.39, 0.29) is 34.9 Å². The van der Waals surface area contributed by atoms with Crippen molar-refractivity contribution >= 4 is 166 Å². The standard InChI is InChI=1S/C19H26FO2P3.5C17H22FOP3/c1-21-7-13-5-16(10-24)19(20)6-17(13)12-3-14(8-22-2)18(11-25)15(4-12)9-23;1-19-7-14-4-11(2-3-12(14)8-20)13-5-15(9-21)16(10-22)17(18)6-13;1-19-7-13-4-11(2-3-12(13)8-20)16-5-14(9-21)15(10-22)6-17(16)18;1-19-7-12-5-13(9-21)14(10-22)6-16(12)15-3-2-11(8-20)4-17(15)18;1-19-7-13-4-11(8-20)2-3-15(13)12-5-14(9-21)16(10-22)17(18)6-12;1-19-7-12-4-11(8-20)2-3-15(12)16-5-13(9-21)14(10-22)6-17(16)18/h3-6H,7-11,23-25H2,1-2H3;5*2-6H,7-10,20-22H2,1H3. The van der Waals surface area contributed by atoms with Gasteiger partial charge in [-0.2, -0.15) is 0 Å². The number of halogens is 6. The topological polar surface area (TPSA) is 64.6 Å². The summed E-state index contributed by atoms with van der Waals surface area (Å²) in [5.74, 6) is -0.958. The van der Waals surface area contributed by atoms with Gasteiger partial charge in [0.2, 0.25) is 0 Å². The summed E-state index contributed by atoms with van der Waals surface area (Å²) < 4.78 is 124. The van der Waals surface area contributed by atoms with Crippen LogP contribution in [-0.2, 0) is 190 Å². The molecule has 0 spiro atoms. The van der Waals surface area contributed by atoms with Crippen LogP contribution in [0.4, 0.5) is 26.3 Å². The van der Waals surface area contributed by atoms with Crippen LogP contribution in [0.25, 0.3) is 66.8 Å². The molecule has 12 aromatic rings. The lowest BCUT2D eigenvalue weighted by atomic mass is 9.92. The third kappa shape index (κ3) is 33.9. The van der Waals surface area contributed by atoms with Crippen molar-refractivity contribution in [2.45, 2.75) is 157 Å². The van der Waals surface area contributed by atoms with Crippen LogP contribution in [0.2, 0.25) is 0 Å². The van der Waals surface area contributed by atoms with E-state index in [2.05, 4.69) is 251 Å². The molecule has 0 heterocycles. The Morgan fingerprint density at radius 2 is 0.459 bits per heavy atom. The van der Waals surface area contributed by atoms with E-state index in [9.17, 15) is 26.3 Å². The van der Waals surface area contributed by atoms with Gasteiger partial charge >= 0.3 is 0 Å². The van der Waals surface area contributed by atoms with Crippen LogP contribution in [0.3, 0.4) is 0 Å². The van der Waals surface area contributed by atoms with Gasteiger partial charge in [0.15, 0.2) is 0 Å². The minimum atomic E-state index is -0.180. The molecule has 0 amide bonds. The Kier molecular flexibility index (Phi) is 56.6. The first-order valence-corrected chi connectivity index (χ1v) is 58.7. The Labute approximate surface area is 842 Å². The van der Waals surface area contributed by atoms with Crippen molar-refractivity contribution in [2.75, 3.05) is 49.8 Å². The summed E-state index contributed by atoms with van der Waals surface area (Å²) >= 11 is 0. The van der Waals surface area contributed by atoms with Gasteiger partial charge in [0, 0.05) is 66.5 Å². The van der Waals surface area contributed by atoms with Crippen molar-refractivity contribution in [1.82, 2.24) is 0 Å². The molecule has 0 radical (unpaired) electrons. The molecule has 726 valence electrons. The zero-order valence-corrected chi connectivity index (χ0v) is 99.2. The smallest absolute Gasteiger partial charge is 0.131 e. The van der Waals surface area contributed by atoms with Crippen molar-refractivity contribution in [2.24, 2.45) is 0 Å². The number of rotatable bonds is 38. The predicted octanol–water partition coefficient (Wildman–Crippen LogP) is 28.7. The van der Waals surface area contributed by atoms with Crippen LogP contribution < -0.4 is 0 Å². The SMILES string of the molecule is COCc1cc(-c2cc(CP)c(CP)cc2F)ccc1CP.COCc1cc(-c2cc(F)c(CP)c(CP)c2)ccc1CP.COCc1cc(CP)c(CP)cc1-c1ccc(CP)cc1F.COCc1cc(CP)c(F)cc1-c1cc(CP)c(CP)c(COC)c1.COCc1cc(CP)ccc1-c1cc(CP)c(CP)cc1F.COCc1cc(CP)ccc1-c1cc(F)c(CP)c(CP)c1. The summed E-state index contributed by atoms with van der Waals surface area (Å²) in [6.45, 7) is 3.59. The number of hydrogen-bond donors (Lipinski definition) is 0.